The fourth-order valence-electron chi connectivity index (χ4n) is 0.730. The molecule has 1 saturated heterocycles. The number of hydrogen-bond donors (Lipinski definition) is 0. The van der Waals surface area contributed by atoms with Crippen LogP contribution in [0.4, 0.5) is 0 Å². The van der Waals surface area contributed by atoms with E-state index in [9.17, 15) is 0 Å². The maximum absolute atomic E-state index is 2.12. The second-order valence-electron chi connectivity index (χ2n) is 1.93. The Balaban J connectivity index is 2.00. The quantitative estimate of drug-likeness (QED) is 0.517. The van der Waals surface area contributed by atoms with Crippen molar-refractivity contribution in [3.05, 3.63) is 0 Å². The summed E-state index contributed by atoms with van der Waals surface area (Å²) in [4.78, 5) is 0. The summed E-state index contributed by atoms with van der Waals surface area (Å²) in [5.74, 6) is 5.58. The molecule has 2 heteroatoms. The van der Waals surface area contributed by atoms with E-state index in [1.807, 2.05) is 0 Å². The lowest BCUT2D eigenvalue weighted by molar-refractivity contribution is 1.06. The van der Waals surface area contributed by atoms with E-state index in [1.54, 1.807) is 0 Å². The van der Waals surface area contributed by atoms with Crippen LogP contribution in [0.5, 0.6) is 0 Å². The summed E-state index contributed by atoms with van der Waals surface area (Å²) in [6.45, 7) is 0. The highest BCUT2D eigenvalue weighted by molar-refractivity contribution is 8.00. The predicted molar refractivity (Wildman–Crippen MR) is 43.9 cm³/mol. The average Bonchev–Trinajstić information content (AvgIpc) is 1.62. The Morgan fingerprint density at radius 3 is 1.38 bits per heavy atom. The monoisotopic (exact) mass is 148 g/mol. The predicted octanol–water partition coefficient (Wildman–Crippen LogP) is 2.25. The molecular weight excluding hydrogens is 136 g/mol. The minimum Gasteiger partial charge on any atom is -0.162 e. The van der Waals surface area contributed by atoms with Gasteiger partial charge in [0.1, 0.15) is 0 Å². The molecule has 8 heavy (non-hydrogen) atoms. The molecule has 1 aliphatic heterocycles. The zero-order valence-electron chi connectivity index (χ0n) is 5.06. The first-order valence-corrected chi connectivity index (χ1v) is 5.46. The van der Waals surface area contributed by atoms with Crippen LogP contribution in [-0.4, -0.2) is 23.0 Å². The Bertz CT molecular complexity index is 30.5. The molecule has 1 rings (SSSR count). The van der Waals surface area contributed by atoms with Crippen molar-refractivity contribution in [2.24, 2.45) is 0 Å². The lowest BCUT2D eigenvalue weighted by Gasteiger charge is -2.05. The van der Waals surface area contributed by atoms with Crippen molar-refractivity contribution >= 4 is 23.5 Å². The average molecular weight is 148 g/mol. The van der Waals surface area contributed by atoms with Gasteiger partial charge in [-0.1, -0.05) is 0 Å². The highest BCUT2D eigenvalue weighted by atomic mass is 32.2. The van der Waals surface area contributed by atoms with Crippen LogP contribution in [-0.2, 0) is 0 Å². The Kier molecular flexibility index (Phi) is 3.89. The van der Waals surface area contributed by atoms with Gasteiger partial charge in [0.05, 0.1) is 0 Å². The molecule has 0 aromatic rings. The van der Waals surface area contributed by atoms with Gasteiger partial charge in [-0.05, 0) is 35.9 Å². The van der Waals surface area contributed by atoms with Gasteiger partial charge in [0, 0.05) is 0 Å². The molecule has 0 aliphatic carbocycles. The van der Waals surface area contributed by atoms with Gasteiger partial charge in [0.2, 0.25) is 0 Å². The lowest BCUT2D eigenvalue weighted by Crippen LogP contribution is -1.94. The molecule has 0 atom stereocenters. The summed E-state index contributed by atoms with van der Waals surface area (Å²) in [6.07, 6.45) is 2.85. The molecule has 0 amide bonds. The molecule has 0 radical (unpaired) electrons. The van der Waals surface area contributed by atoms with Gasteiger partial charge >= 0.3 is 0 Å². The third-order valence-corrected chi connectivity index (χ3v) is 3.46. The van der Waals surface area contributed by atoms with E-state index in [-0.39, 0.29) is 0 Å². The number of hydrogen-bond acceptors (Lipinski definition) is 2. The summed E-state index contributed by atoms with van der Waals surface area (Å²) in [7, 11) is 0. The van der Waals surface area contributed by atoms with Gasteiger partial charge in [-0.2, -0.15) is 23.5 Å². The van der Waals surface area contributed by atoms with Crippen LogP contribution >= 0.6 is 23.5 Å². The van der Waals surface area contributed by atoms with Gasteiger partial charge in [-0.25, -0.2) is 0 Å². The summed E-state index contributed by atoms with van der Waals surface area (Å²) in [5, 5.41) is 0. The van der Waals surface area contributed by atoms with Crippen LogP contribution in [0.1, 0.15) is 12.8 Å². The van der Waals surface area contributed by atoms with Crippen LogP contribution in [0, 0.1) is 0 Å². The molecule has 0 unspecified atom stereocenters. The molecule has 0 aromatic carbocycles. The van der Waals surface area contributed by atoms with Gasteiger partial charge in [0.25, 0.3) is 0 Å². The van der Waals surface area contributed by atoms with E-state index in [4.69, 9.17) is 0 Å². The third-order valence-electron chi connectivity index (χ3n) is 1.15. The topological polar surface area (TPSA) is 0 Å². The maximum atomic E-state index is 2.12. The van der Waals surface area contributed by atoms with E-state index >= 15 is 0 Å². The standard InChI is InChI=1S/C6H12S2/c1-3-7-5-2-6-8-4-1/h1-6H2. The van der Waals surface area contributed by atoms with Crippen LogP contribution in [0.3, 0.4) is 0 Å². The molecule has 0 saturated carbocycles. The Labute approximate surface area is 59.8 Å². The van der Waals surface area contributed by atoms with Crippen molar-refractivity contribution in [3.63, 3.8) is 0 Å². The fraction of sp³-hybridized carbons (Fsp3) is 1.00. The molecule has 0 spiro atoms. The van der Waals surface area contributed by atoms with E-state index in [1.165, 1.54) is 35.9 Å². The Morgan fingerprint density at radius 2 is 1.00 bits per heavy atom. The number of thioether (sulfide) groups is 2. The molecule has 1 fully saturated rings. The summed E-state index contributed by atoms with van der Waals surface area (Å²) >= 11 is 4.23. The normalized spacial score (nSPS) is 24.0. The van der Waals surface area contributed by atoms with Gasteiger partial charge in [-0.15, -0.1) is 0 Å². The second-order valence-corrected chi connectivity index (χ2v) is 4.38. The first-order chi connectivity index (χ1) is 4.00. The summed E-state index contributed by atoms with van der Waals surface area (Å²) in [5.41, 5.74) is 0. The maximum Gasteiger partial charge on any atom is -0.00597 e. The van der Waals surface area contributed by atoms with Crippen LogP contribution in [0.2, 0.25) is 0 Å². The van der Waals surface area contributed by atoms with Crippen molar-refractivity contribution in [2.45, 2.75) is 12.8 Å². The van der Waals surface area contributed by atoms with E-state index in [2.05, 4.69) is 23.5 Å². The molecule has 0 aromatic heterocycles. The highest BCUT2D eigenvalue weighted by Crippen LogP contribution is 2.14. The minimum atomic E-state index is 1.40. The largest absolute Gasteiger partial charge is 0.162 e. The molecule has 0 N–H and O–H groups in total. The van der Waals surface area contributed by atoms with E-state index in [0.717, 1.165) is 0 Å². The SMILES string of the molecule is C1CSCCCSC1. The highest BCUT2D eigenvalue weighted by Gasteiger charge is 1.95. The molecule has 1 aliphatic rings. The van der Waals surface area contributed by atoms with Crippen LogP contribution in [0.25, 0.3) is 0 Å². The van der Waals surface area contributed by atoms with Gasteiger partial charge in [-0.3, -0.25) is 0 Å². The van der Waals surface area contributed by atoms with Crippen molar-refractivity contribution in [3.8, 4) is 0 Å². The third kappa shape index (κ3) is 2.88. The molecule has 0 bridgehead atoms. The van der Waals surface area contributed by atoms with Gasteiger partial charge < -0.3 is 0 Å². The van der Waals surface area contributed by atoms with Crippen molar-refractivity contribution < 1.29 is 0 Å². The smallest absolute Gasteiger partial charge is 0.00597 e. The summed E-state index contributed by atoms with van der Waals surface area (Å²) in [6, 6.07) is 0. The van der Waals surface area contributed by atoms with Crippen LogP contribution in [0.15, 0.2) is 0 Å². The fourth-order valence-corrected chi connectivity index (χ4v) is 2.90. The van der Waals surface area contributed by atoms with E-state index < -0.39 is 0 Å². The van der Waals surface area contributed by atoms with Crippen molar-refractivity contribution in [1.82, 2.24) is 0 Å². The number of rotatable bonds is 0. The second kappa shape index (κ2) is 4.57. The summed E-state index contributed by atoms with van der Waals surface area (Å²) < 4.78 is 0. The van der Waals surface area contributed by atoms with Gasteiger partial charge in [0.15, 0.2) is 0 Å². The zero-order valence-corrected chi connectivity index (χ0v) is 6.69. The molecule has 48 valence electrons. The van der Waals surface area contributed by atoms with Crippen molar-refractivity contribution in [1.29, 1.82) is 0 Å². The molecule has 1 heterocycles. The Hall–Kier alpha value is 0.700. The molecule has 0 nitrogen and oxygen atoms in total. The zero-order chi connectivity index (χ0) is 5.66. The lowest BCUT2D eigenvalue weighted by atomic mass is 10.6. The van der Waals surface area contributed by atoms with Crippen molar-refractivity contribution in [2.75, 3.05) is 23.0 Å². The van der Waals surface area contributed by atoms with Crippen LogP contribution < -0.4 is 0 Å². The Morgan fingerprint density at radius 1 is 0.625 bits per heavy atom. The van der Waals surface area contributed by atoms with E-state index in [0.29, 0.717) is 0 Å². The molecular formula is C6H12S2. The minimum absolute atomic E-state index is 1.40. The first-order valence-electron chi connectivity index (χ1n) is 3.15. The first kappa shape index (κ1) is 6.81.